The largest absolute Gasteiger partial charge is 0.481 e. The summed E-state index contributed by atoms with van der Waals surface area (Å²) >= 11 is 0. The lowest BCUT2D eigenvalue weighted by Gasteiger charge is -2.17. The van der Waals surface area contributed by atoms with Gasteiger partial charge in [-0.3, -0.25) is 4.79 Å². The van der Waals surface area contributed by atoms with Crippen LogP contribution in [0.5, 0.6) is 0 Å². The molecule has 0 aromatic carbocycles. The highest BCUT2D eigenvalue weighted by atomic mass is 16.4. The number of nitrogens with zero attached hydrogens (tertiary/aromatic N) is 1. The summed E-state index contributed by atoms with van der Waals surface area (Å²) in [7, 11) is 0. The number of carbonyl (C=O) groups is 2. The van der Waals surface area contributed by atoms with E-state index in [1.54, 1.807) is 23.5 Å². The summed E-state index contributed by atoms with van der Waals surface area (Å²) in [5.74, 6) is -0.473. The fourth-order valence-corrected chi connectivity index (χ4v) is 2.26. The Labute approximate surface area is 111 Å². The summed E-state index contributed by atoms with van der Waals surface area (Å²) < 4.78 is 4.92. The molecule has 6 heteroatoms. The molecule has 1 saturated heterocycles. The topological polar surface area (TPSA) is 82.8 Å². The van der Waals surface area contributed by atoms with Gasteiger partial charge in [0.05, 0.1) is 12.5 Å². The van der Waals surface area contributed by atoms with Crippen LogP contribution < -0.4 is 5.32 Å². The quantitative estimate of drug-likeness (QED) is 0.849. The van der Waals surface area contributed by atoms with E-state index in [2.05, 4.69) is 5.32 Å². The predicted molar refractivity (Wildman–Crippen MR) is 67.5 cm³/mol. The lowest BCUT2D eigenvalue weighted by atomic mass is 10.0. The molecule has 104 valence electrons. The fraction of sp³-hybridized carbons (Fsp3) is 0.538. The van der Waals surface area contributed by atoms with Gasteiger partial charge in [-0.2, -0.15) is 0 Å². The maximum Gasteiger partial charge on any atom is 0.317 e. The Morgan fingerprint density at radius 2 is 2.37 bits per heavy atom. The van der Waals surface area contributed by atoms with E-state index in [1.807, 2.05) is 0 Å². The molecule has 0 bridgehead atoms. The molecule has 0 spiro atoms. The van der Waals surface area contributed by atoms with Gasteiger partial charge in [-0.25, -0.2) is 4.79 Å². The van der Waals surface area contributed by atoms with Crippen LogP contribution in [0.2, 0.25) is 0 Å². The lowest BCUT2D eigenvalue weighted by molar-refractivity contribution is -0.137. The third-order valence-corrected chi connectivity index (χ3v) is 3.36. The Balaban J connectivity index is 1.71. The molecule has 0 saturated carbocycles. The van der Waals surface area contributed by atoms with E-state index in [9.17, 15) is 9.59 Å². The third-order valence-electron chi connectivity index (χ3n) is 3.36. The molecule has 1 aromatic rings. The Morgan fingerprint density at radius 3 is 3.05 bits per heavy atom. The van der Waals surface area contributed by atoms with Crippen LogP contribution in [-0.4, -0.2) is 35.1 Å². The first-order valence-electron chi connectivity index (χ1n) is 6.41. The number of urea groups is 1. The second-order valence-corrected chi connectivity index (χ2v) is 4.82. The van der Waals surface area contributed by atoms with E-state index < -0.39 is 5.97 Å². The van der Waals surface area contributed by atoms with Crippen molar-refractivity contribution in [3.05, 3.63) is 24.2 Å². The van der Waals surface area contributed by atoms with Crippen molar-refractivity contribution in [3.8, 4) is 0 Å². The Hall–Kier alpha value is -1.98. The van der Waals surface area contributed by atoms with Crippen LogP contribution in [0, 0.1) is 5.92 Å². The average Bonchev–Trinajstić information content (AvgIpc) is 3.04. The van der Waals surface area contributed by atoms with Crippen LogP contribution in [0.4, 0.5) is 4.79 Å². The summed E-state index contributed by atoms with van der Waals surface area (Å²) in [6.07, 6.45) is 4.86. The van der Waals surface area contributed by atoms with Gasteiger partial charge in [0.1, 0.15) is 0 Å². The predicted octanol–water partition coefficient (Wildman–Crippen LogP) is 1.68. The van der Waals surface area contributed by atoms with Gasteiger partial charge in [-0.1, -0.05) is 0 Å². The number of rotatable bonds is 5. The molecule has 0 aliphatic carbocycles. The highest BCUT2D eigenvalue weighted by molar-refractivity contribution is 5.74. The van der Waals surface area contributed by atoms with Gasteiger partial charge in [-0.05, 0) is 24.8 Å². The molecule has 1 atom stereocenters. The Bertz CT molecular complexity index is 430. The van der Waals surface area contributed by atoms with Crippen LogP contribution in [-0.2, 0) is 11.3 Å². The summed E-state index contributed by atoms with van der Waals surface area (Å²) in [5.41, 5.74) is 0.926. The van der Waals surface area contributed by atoms with Crippen LogP contribution in [0.1, 0.15) is 24.8 Å². The van der Waals surface area contributed by atoms with Crippen molar-refractivity contribution in [2.45, 2.75) is 25.8 Å². The number of carboxylic acids is 1. The zero-order valence-corrected chi connectivity index (χ0v) is 10.7. The lowest BCUT2D eigenvalue weighted by Crippen LogP contribution is -2.38. The van der Waals surface area contributed by atoms with Crippen molar-refractivity contribution >= 4 is 12.0 Å². The van der Waals surface area contributed by atoms with Gasteiger partial charge in [0, 0.05) is 31.6 Å². The summed E-state index contributed by atoms with van der Waals surface area (Å²) in [6, 6.07) is 1.71. The second kappa shape index (κ2) is 6.26. The number of carboxylic acid groups (broad SMARTS) is 1. The minimum absolute atomic E-state index is 0.0981. The fourth-order valence-electron chi connectivity index (χ4n) is 2.26. The molecule has 2 N–H and O–H groups in total. The number of aliphatic carboxylic acids is 1. The van der Waals surface area contributed by atoms with Crippen LogP contribution in [0.25, 0.3) is 0 Å². The molecule has 1 aliphatic heterocycles. The van der Waals surface area contributed by atoms with Crippen LogP contribution >= 0.6 is 0 Å². The van der Waals surface area contributed by atoms with Crippen molar-refractivity contribution < 1.29 is 19.1 Å². The first-order chi connectivity index (χ1) is 9.15. The minimum Gasteiger partial charge on any atom is -0.481 e. The number of amides is 2. The van der Waals surface area contributed by atoms with Gasteiger partial charge in [0.25, 0.3) is 0 Å². The van der Waals surface area contributed by atoms with Crippen LogP contribution in [0.15, 0.2) is 23.0 Å². The number of likely N-dealkylation sites (tertiary alicyclic amines) is 1. The molecule has 1 fully saturated rings. The van der Waals surface area contributed by atoms with Gasteiger partial charge in [0.15, 0.2) is 0 Å². The maximum absolute atomic E-state index is 11.9. The second-order valence-electron chi connectivity index (χ2n) is 4.82. The monoisotopic (exact) mass is 266 g/mol. The van der Waals surface area contributed by atoms with Crippen molar-refractivity contribution in [1.82, 2.24) is 10.2 Å². The zero-order chi connectivity index (χ0) is 13.7. The first kappa shape index (κ1) is 13.5. The number of hydrogen-bond donors (Lipinski definition) is 2. The number of carbonyl (C=O) groups excluding carboxylic acids is 1. The summed E-state index contributed by atoms with van der Waals surface area (Å²) in [5, 5.41) is 11.5. The number of furan rings is 1. The number of hydrogen-bond acceptors (Lipinski definition) is 3. The normalized spacial score (nSPS) is 18.5. The molecular formula is C13H18N2O4. The van der Waals surface area contributed by atoms with Gasteiger partial charge in [-0.15, -0.1) is 0 Å². The van der Waals surface area contributed by atoms with E-state index in [0.717, 1.165) is 12.0 Å². The molecule has 19 heavy (non-hydrogen) atoms. The van der Waals surface area contributed by atoms with Gasteiger partial charge < -0.3 is 19.7 Å². The smallest absolute Gasteiger partial charge is 0.317 e. The van der Waals surface area contributed by atoms with E-state index in [0.29, 0.717) is 32.0 Å². The molecular weight excluding hydrogens is 248 g/mol. The number of nitrogens with one attached hydrogen (secondary N) is 1. The Kier molecular flexibility index (Phi) is 4.43. The van der Waals surface area contributed by atoms with Gasteiger partial charge in [0.2, 0.25) is 0 Å². The molecule has 1 aliphatic rings. The Morgan fingerprint density at radius 1 is 1.53 bits per heavy atom. The molecule has 2 amide bonds. The molecule has 2 rings (SSSR count). The minimum atomic E-state index is -0.775. The van der Waals surface area contributed by atoms with E-state index >= 15 is 0 Å². The van der Waals surface area contributed by atoms with Crippen molar-refractivity contribution in [3.63, 3.8) is 0 Å². The third kappa shape index (κ3) is 4.01. The van der Waals surface area contributed by atoms with E-state index in [1.165, 1.54) is 0 Å². The molecule has 6 nitrogen and oxygen atoms in total. The average molecular weight is 266 g/mol. The van der Waals surface area contributed by atoms with E-state index in [-0.39, 0.29) is 12.5 Å². The molecule has 2 heterocycles. The standard InChI is InChI=1S/C13H18N2O4/c16-12(17)2-1-10-3-5-15(8-10)13(18)14-7-11-4-6-19-9-11/h4,6,9-10H,1-3,5,7-8H2,(H,14,18)(H,16,17). The van der Waals surface area contributed by atoms with Crippen molar-refractivity contribution in [1.29, 1.82) is 0 Å². The summed E-state index contributed by atoms with van der Waals surface area (Å²) in [6.45, 7) is 1.79. The molecule has 1 aromatic heterocycles. The summed E-state index contributed by atoms with van der Waals surface area (Å²) in [4.78, 5) is 24.1. The van der Waals surface area contributed by atoms with E-state index in [4.69, 9.17) is 9.52 Å². The zero-order valence-electron chi connectivity index (χ0n) is 10.7. The highest BCUT2D eigenvalue weighted by Gasteiger charge is 2.26. The van der Waals surface area contributed by atoms with Crippen molar-refractivity contribution in [2.24, 2.45) is 5.92 Å². The highest BCUT2D eigenvalue weighted by Crippen LogP contribution is 2.20. The van der Waals surface area contributed by atoms with Crippen LogP contribution in [0.3, 0.4) is 0 Å². The van der Waals surface area contributed by atoms with Crippen molar-refractivity contribution in [2.75, 3.05) is 13.1 Å². The first-order valence-corrected chi connectivity index (χ1v) is 6.41. The maximum atomic E-state index is 11.9. The van der Waals surface area contributed by atoms with Gasteiger partial charge >= 0.3 is 12.0 Å². The molecule has 1 unspecified atom stereocenters. The SMILES string of the molecule is O=C(O)CCC1CCN(C(=O)NCc2ccoc2)C1. The molecule has 0 radical (unpaired) electrons.